The first kappa shape index (κ1) is 22.5. The molecule has 2 aliphatic rings. The molecule has 6 nitrogen and oxygen atoms in total. The van der Waals surface area contributed by atoms with Gasteiger partial charge in [0.15, 0.2) is 0 Å². The van der Waals surface area contributed by atoms with E-state index in [0.717, 1.165) is 50.6 Å². The quantitative estimate of drug-likeness (QED) is 0.589. The highest BCUT2D eigenvalue weighted by Gasteiger charge is 2.42. The van der Waals surface area contributed by atoms with Crippen LogP contribution < -0.4 is 10.2 Å². The number of carbonyl (C=O) groups is 1. The molecule has 0 bridgehead atoms. The number of carbonyl (C=O) groups excluding carboxylic acids is 1. The van der Waals surface area contributed by atoms with Crippen molar-refractivity contribution in [1.29, 1.82) is 0 Å². The molecule has 2 fully saturated rings. The van der Waals surface area contributed by atoms with Gasteiger partial charge in [-0.3, -0.25) is 14.7 Å². The molecule has 3 aromatic rings. The third kappa shape index (κ3) is 4.68. The van der Waals surface area contributed by atoms with Crippen LogP contribution in [0.1, 0.15) is 48.7 Å². The second-order valence-corrected chi connectivity index (χ2v) is 9.65. The Labute approximate surface area is 202 Å². The first-order valence-electron chi connectivity index (χ1n) is 12.4. The minimum Gasteiger partial charge on any atom is -0.369 e. The molecule has 2 aromatic carbocycles. The summed E-state index contributed by atoms with van der Waals surface area (Å²) in [4.78, 5) is 26.0. The number of benzene rings is 2. The molecule has 1 N–H and O–H groups in total. The molecule has 1 aliphatic carbocycles. The van der Waals surface area contributed by atoms with Crippen molar-refractivity contribution in [3.05, 3.63) is 84.4 Å². The lowest BCUT2D eigenvalue weighted by molar-refractivity contribution is 0.0299. The van der Waals surface area contributed by atoms with Gasteiger partial charge < -0.3 is 10.2 Å². The smallest absolute Gasteiger partial charge is 0.275 e. The van der Waals surface area contributed by atoms with Gasteiger partial charge in [0.2, 0.25) is 0 Å². The Hall–Kier alpha value is -3.25. The van der Waals surface area contributed by atoms with Crippen LogP contribution >= 0.6 is 0 Å². The fourth-order valence-corrected chi connectivity index (χ4v) is 5.56. The Morgan fingerprint density at radius 2 is 1.74 bits per heavy atom. The molecule has 1 aromatic heterocycles. The zero-order valence-corrected chi connectivity index (χ0v) is 19.9. The number of aromatic nitrogens is 2. The number of anilines is 2. The van der Waals surface area contributed by atoms with Gasteiger partial charge in [0.05, 0.1) is 6.20 Å². The predicted molar refractivity (Wildman–Crippen MR) is 136 cm³/mol. The third-order valence-corrected chi connectivity index (χ3v) is 7.56. The molecule has 1 amide bonds. The van der Waals surface area contributed by atoms with E-state index in [1.165, 1.54) is 30.3 Å². The van der Waals surface area contributed by atoms with Gasteiger partial charge in [-0.05, 0) is 61.4 Å². The van der Waals surface area contributed by atoms with Gasteiger partial charge in [-0.2, -0.15) is 0 Å². The maximum atomic E-state index is 12.7. The molecule has 1 aliphatic heterocycles. The van der Waals surface area contributed by atoms with Crippen LogP contribution in [0.3, 0.4) is 0 Å². The van der Waals surface area contributed by atoms with E-state index in [0.29, 0.717) is 5.69 Å². The van der Waals surface area contributed by atoms with Crippen LogP contribution in [0.15, 0.2) is 73.2 Å². The molecule has 1 saturated heterocycles. The molecule has 0 unspecified atom stereocenters. The van der Waals surface area contributed by atoms with Gasteiger partial charge in [0.1, 0.15) is 5.69 Å². The molecule has 1 saturated carbocycles. The number of para-hydroxylation sites is 1. The molecule has 6 heteroatoms. The van der Waals surface area contributed by atoms with Crippen molar-refractivity contribution >= 4 is 17.3 Å². The monoisotopic (exact) mass is 455 g/mol. The van der Waals surface area contributed by atoms with E-state index in [2.05, 4.69) is 80.5 Å². The number of nitrogens with one attached hydrogen (secondary N) is 1. The summed E-state index contributed by atoms with van der Waals surface area (Å²) < 4.78 is 0. The molecule has 5 rings (SSSR count). The predicted octanol–water partition coefficient (Wildman–Crippen LogP) is 4.96. The summed E-state index contributed by atoms with van der Waals surface area (Å²) in [6.07, 6.45) is 9.38. The van der Waals surface area contributed by atoms with Crippen molar-refractivity contribution in [2.24, 2.45) is 5.92 Å². The van der Waals surface area contributed by atoms with Crippen molar-refractivity contribution < 1.29 is 4.79 Å². The highest BCUT2D eigenvalue weighted by molar-refractivity contribution is 6.02. The van der Waals surface area contributed by atoms with Crippen LogP contribution in [0.5, 0.6) is 0 Å². The van der Waals surface area contributed by atoms with Crippen molar-refractivity contribution in [3.8, 4) is 0 Å². The van der Waals surface area contributed by atoms with Crippen LogP contribution in [0, 0.1) is 5.92 Å². The summed E-state index contributed by atoms with van der Waals surface area (Å²) >= 11 is 0. The summed E-state index contributed by atoms with van der Waals surface area (Å²) in [6.45, 7) is 6.52. The zero-order valence-electron chi connectivity index (χ0n) is 19.9. The van der Waals surface area contributed by atoms with Gasteiger partial charge in [0.25, 0.3) is 5.91 Å². The number of amides is 1. The van der Waals surface area contributed by atoms with Crippen LogP contribution in [0.4, 0.5) is 11.4 Å². The standard InChI is InChI=1S/C28H33N5O/c1-22-10-12-28(13-11-22,33-18-16-32(17-19-33)25-8-3-2-4-9-25)23-6-5-7-24(20-23)31-27(34)26-21-29-14-15-30-26/h2-9,14-15,20-22H,10-13,16-19H2,1H3,(H,31,34). The number of hydrogen-bond donors (Lipinski definition) is 1. The average molecular weight is 456 g/mol. The lowest BCUT2D eigenvalue weighted by atomic mass is 9.71. The molecular formula is C28H33N5O. The van der Waals surface area contributed by atoms with Crippen molar-refractivity contribution in [1.82, 2.24) is 14.9 Å². The second kappa shape index (κ2) is 9.94. The number of piperazine rings is 1. The Morgan fingerprint density at radius 3 is 2.44 bits per heavy atom. The van der Waals surface area contributed by atoms with E-state index < -0.39 is 0 Å². The first-order valence-corrected chi connectivity index (χ1v) is 12.4. The summed E-state index contributed by atoms with van der Waals surface area (Å²) in [5.74, 6) is 0.534. The number of nitrogens with zero attached hydrogens (tertiary/aromatic N) is 4. The maximum Gasteiger partial charge on any atom is 0.275 e. The lowest BCUT2D eigenvalue weighted by Crippen LogP contribution is -2.56. The highest BCUT2D eigenvalue weighted by Crippen LogP contribution is 2.45. The van der Waals surface area contributed by atoms with E-state index in [1.807, 2.05) is 6.07 Å². The van der Waals surface area contributed by atoms with Crippen LogP contribution in [-0.4, -0.2) is 47.0 Å². The molecule has 2 heterocycles. The number of rotatable bonds is 5. The van der Waals surface area contributed by atoms with Gasteiger partial charge in [-0.1, -0.05) is 37.3 Å². The summed E-state index contributed by atoms with van der Waals surface area (Å²) in [5, 5.41) is 3.03. The van der Waals surface area contributed by atoms with Crippen molar-refractivity contribution in [2.45, 2.75) is 38.1 Å². The largest absolute Gasteiger partial charge is 0.369 e. The van der Waals surface area contributed by atoms with Crippen LogP contribution in [-0.2, 0) is 5.54 Å². The normalized spacial score (nSPS) is 23.4. The van der Waals surface area contributed by atoms with Gasteiger partial charge in [-0.15, -0.1) is 0 Å². The van der Waals surface area contributed by atoms with E-state index in [9.17, 15) is 4.79 Å². The molecular weight excluding hydrogens is 422 g/mol. The van der Waals surface area contributed by atoms with E-state index >= 15 is 0 Å². The van der Waals surface area contributed by atoms with Gasteiger partial charge in [-0.25, -0.2) is 4.98 Å². The SMILES string of the molecule is CC1CCC(c2cccc(NC(=O)c3cnccn3)c2)(N2CCN(c3ccccc3)CC2)CC1. The van der Waals surface area contributed by atoms with Gasteiger partial charge >= 0.3 is 0 Å². The maximum absolute atomic E-state index is 12.7. The average Bonchev–Trinajstić information content (AvgIpc) is 2.91. The van der Waals surface area contributed by atoms with Crippen LogP contribution in [0.2, 0.25) is 0 Å². The summed E-state index contributed by atoms with van der Waals surface area (Å²) in [7, 11) is 0. The lowest BCUT2D eigenvalue weighted by Gasteiger charge is -2.51. The van der Waals surface area contributed by atoms with Crippen molar-refractivity contribution in [3.63, 3.8) is 0 Å². The Kier molecular flexibility index (Phi) is 6.59. The fourth-order valence-electron chi connectivity index (χ4n) is 5.56. The minimum absolute atomic E-state index is 0.0164. The Bertz CT molecular complexity index is 1090. The molecule has 0 spiro atoms. The molecule has 0 radical (unpaired) electrons. The van der Waals surface area contributed by atoms with Crippen molar-refractivity contribution in [2.75, 3.05) is 36.4 Å². The van der Waals surface area contributed by atoms with Crippen LogP contribution in [0.25, 0.3) is 0 Å². The third-order valence-electron chi connectivity index (χ3n) is 7.56. The molecule has 0 atom stereocenters. The second-order valence-electron chi connectivity index (χ2n) is 9.65. The highest BCUT2D eigenvalue weighted by atomic mass is 16.1. The van der Waals surface area contributed by atoms with E-state index in [1.54, 1.807) is 12.4 Å². The zero-order chi connectivity index (χ0) is 23.4. The molecule has 34 heavy (non-hydrogen) atoms. The first-order chi connectivity index (χ1) is 16.6. The molecule has 176 valence electrons. The number of hydrogen-bond acceptors (Lipinski definition) is 5. The Balaban J connectivity index is 1.37. The Morgan fingerprint density at radius 1 is 0.971 bits per heavy atom. The van der Waals surface area contributed by atoms with E-state index in [4.69, 9.17) is 0 Å². The minimum atomic E-state index is -0.229. The summed E-state index contributed by atoms with van der Waals surface area (Å²) in [5.41, 5.74) is 3.77. The topological polar surface area (TPSA) is 61.4 Å². The summed E-state index contributed by atoms with van der Waals surface area (Å²) in [6, 6.07) is 19.2. The van der Waals surface area contributed by atoms with E-state index in [-0.39, 0.29) is 11.4 Å². The van der Waals surface area contributed by atoms with Gasteiger partial charge in [0, 0.05) is 55.5 Å². The fraction of sp³-hybridized carbons (Fsp3) is 0.393.